The summed E-state index contributed by atoms with van der Waals surface area (Å²) in [7, 11) is -4.98. The zero-order valence-electron chi connectivity index (χ0n) is 20.7. The highest BCUT2D eigenvalue weighted by atomic mass is 31.2. The van der Waals surface area contributed by atoms with Crippen LogP contribution in [-0.2, 0) is 23.1 Å². The van der Waals surface area contributed by atoms with E-state index in [4.69, 9.17) is 24.3 Å². The van der Waals surface area contributed by atoms with Crippen LogP contribution in [-0.4, -0.2) is 103 Å². The summed E-state index contributed by atoms with van der Waals surface area (Å²) >= 11 is 0. The van der Waals surface area contributed by atoms with E-state index in [1.165, 1.54) is 17.2 Å². The zero-order chi connectivity index (χ0) is 29.1. The second kappa shape index (κ2) is 10.4. The average molecular weight is 597 g/mol. The fraction of sp³-hybridized carbons (Fsp3) is 0.500. The molecule has 0 saturated carbocycles. The van der Waals surface area contributed by atoms with E-state index >= 15 is 0 Å². The van der Waals surface area contributed by atoms with Crippen molar-refractivity contribution in [2.75, 3.05) is 18.9 Å². The van der Waals surface area contributed by atoms with Gasteiger partial charge in [0.25, 0.3) is 11.1 Å². The number of phosphoric acid groups is 1. The Morgan fingerprint density at radius 2 is 1.80 bits per heavy atom. The second-order valence-corrected chi connectivity index (χ2v) is 10.7. The van der Waals surface area contributed by atoms with Crippen LogP contribution in [0, 0.1) is 0 Å². The maximum absolute atomic E-state index is 12.9. The van der Waals surface area contributed by atoms with Crippen LogP contribution in [0.4, 0.5) is 5.95 Å². The van der Waals surface area contributed by atoms with Crippen molar-refractivity contribution in [3.63, 3.8) is 0 Å². The molecule has 4 unspecified atom stereocenters. The summed E-state index contributed by atoms with van der Waals surface area (Å²) in [5.74, 6) is -0.241. The van der Waals surface area contributed by atoms with Crippen molar-refractivity contribution < 1.29 is 43.3 Å². The van der Waals surface area contributed by atoms with Crippen LogP contribution in [0.25, 0.3) is 22.3 Å². The Labute approximate surface area is 226 Å². The van der Waals surface area contributed by atoms with Crippen molar-refractivity contribution in [3.05, 3.63) is 39.7 Å². The maximum atomic E-state index is 12.9. The Morgan fingerprint density at radius 1 is 1.07 bits per heavy atom. The van der Waals surface area contributed by atoms with E-state index in [1.807, 2.05) is 0 Å². The summed E-state index contributed by atoms with van der Waals surface area (Å²) < 4.78 is 37.3. The Hall–Kier alpha value is -3.59. The van der Waals surface area contributed by atoms with Crippen LogP contribution in [0.3, 0.4) is 0 Å². The van der Waals surface area contributed by atoms with Gasteiger partial charge in [0, 0.05) is 6.42 Å². The lowest BCUT2D eigenvalue weighted by atomic mass is 10.1. The first kappa shape index (κ1) is 27.6. The number of rotatable bonds is 8. The number of ether oxygens (including phenoxy) is 2. The Bertz CT molecular complexity index is 1750. The first-order valence-corrected chi connectivity index (χ1v) is 13.6. The topological polar surface area (TPSA) is 288 Å². The number of fused-ring (bicyclic) bond motifs is 2. The molecule has 0 spiro atoms. The van der Waals surface area contributed by atoms with Crippen LogP contribution in [0.1, 0.15) is 18.9 Å². The number of nitrogens with zero attached hydrogens (tertiary/aromatic N) is 6. The predicted molar refractivity (Wildman–Crippen MR) is 133 cm³/mol. The van der Waals surface area contributed by atoms with Gasteiger partial charge in [-0.3, -0.25) is 32.8 Å². The number of nitrogens with one attached hydrogen (secondary N) is 2. The molecule has 2 fully saturated rings. The molecule has 6 heterocycles. The number of nitrogens with two attached hydrogens (primary N) is 1. The number of hydrogen-bond acceptors (Lipinski definition) is 15. The smallest absolute Gasteiger partial charge is 0.394 e. The molecule has 0 bridgehead atoms. The highest BCUT2D eigenvalue weighted by Gasteiger charge is 2.49. The van der Waals surface area contributed by atoms with Crippen molar-refractivity contribution in [3.8, 4) is 0 Å². The van der Waals surface area contributed by atoms with E-state index in [0.717, 1.165) is 10.9 Å². The number of anilines is 1. The number of aliphatic hydroxyl groups is 3. The number of nitrogen functional groups attached to an aromatic ring is 1. The molecule has 41 heavy (non-hydrogen) atoms. The van der Waals surface area contributed by atoms with Crippen LogP contribution in [0.2, 0.25) is 0 Å². The Kier molecular flexibility index (Phi) is 6.96. The molecule has 6 rings (SSSR count). The highest BCUT2D eigenvalue weighted by molar-refractivity contribution is 7.47. The molecule has 4 aromatic heterocycles. The predicted octanol–water partition coefficient (Wildman–Crippen LogP) is -2.76. The minimum absolute atomic E-state index is 0.0307. The van der Waals surface area contributed by atoms with E-state index in [1.54, 1.807) is 0 Å². The van der Waals surface area contributed by atoms with Gasteiger partial charge in [-0.05, 0) is 0 Å². The molecule has 0 amide bonds. The lowest BCUT2D eigenvalue weighted by Gasteiger charge is -2.25. The van der Waals surface area contributed by atoms with E-state index in [2.05, 4.69) is 29.9 Å². The zero-order valence-corrected chi connectivity index (χ0v) is 21.6. The number of imidazole rings is 2. The Morgan fingerprint density at radius 3 is 2.56 bits per heavy atom. The molecule has 4 aromatic rings. The van der Waals surface area contributed by atoms with Crippen LogP contribution < -0.4 is 16.9 Å². The van der Waals surface area contributed by atoms with Gasteiger partial charge in [0.1, 0.15) is 30.6 Å². The molecule has 8 atom stereocenters. The van der Waals surface area contributed by atoms with Crippen LogP contribution in [0.15, 0.2) is 28.6 Å². The molecular formula is C20H24N9O11P. The number of hydrogen-bond donors (Lipinski definition) is 7. The molecule has 2 saturated heterocycles. The molecule has 220 valence electrons. The van der Waals surface area contributed by atoms with Gasteiger partial charge in [-0.15, -0.1) is 0 Å². The minimum Gasteiger partial charge on any atom is -0.394 e. The van der Waals surface area contributed by atoms with E-state index in [0.29, 0.717) is 0 Å². The first-order chi connectivity index (χ1) is 19.6. The summed E-state index contributed by atoms with van der Waals surface area (Å²) in [5.41, 5.74) is 4.60. The fourth-order valence-electron chi connectivity index (χ4n) is 4.80. The lowest BCUT2D eigenvalue weighted by molar-refractivity contribution is -0.0593. The van der Waals surface area contributed by atoms with E-state index in [9.17, 15) is 34.4 Å². The highest BCUT2D eigenvalue weighted by Crippen LogP contribution is 2.50. The maximum Gasteiger partial charge on any atom is 0.472 e. The van der Waals surface area contributed by atoms with Gasteiger partial charge < -0.3 is 40.4 Å². The van der Waals surface area contributed by atoms with Gasteiger partial charge in [0.2, 0.25) is 5.95 Å². The molecular weight excluding hydrogens is 573 g/mol. The summed E-state index contributed by atoms with van der Waals surface area (Å²) in [5, 5.41) is 30.8. The van der Waals surface area contributed by atoms with Crippen molar-refractivity contribution in [2.24, 2.45) is 0 Å². The van der Waals surface area contributed by atoms with Crippen molar-refractivity contribution >= 4 is 36.1 Å². The van der Waals surface area contributed by atoms with Gasteiger partial charge in [-0.25, -0.2) is 19.5 Å². The number of aromatic amines is 2. The van der Waals surface area contributed by atoms with E-state index in [-0.39, 0.29) is 34.7 Å². The van der Waals surface area contributed by atoms with Gasteiger partial charge >= 0.3 is 7.82 Å². The summed E-state index contributed by atoms with van der Waals surface area (Å²) in [4.78, 5) is 55.3. The number of H-pyrrole nitrogens is 2. The Balaban J connectivity index is 1.17. The summed E-state index contributed by atoms with van der Waals surface area (Å²) in [6, 6.07) is 0. The molecule has 21 heteroatoms. The minimum atomic E-state index is -4.98. The van der Waals surface area contributed by atoms with Crippen LogP contribution in [0.5, 0.6) is 0 Å². The van der Waals surface area contributed by atoms with Crippen molar-refractivity contribution in [2.45, 2.75) is 49.4 Å². The van der Waals surface area contributed by atoms with Crippen molar-refractivity contribution in [1.29, 1.82) is 0 Å². The lowest BCUT2D eigenvalue weighted by Crippen LogP contribution is -2.35. The molecule has 2 aliphatic rings. The van der Waals surface area contributed by atoms with Gasteiger partial charge in [-0.2, -0.15) is 4.98 Å². The van der Waals surface area contributed by atoms with E-state index < -0.39 is 75.1 Å². The molecule has 0 aliphatic carbocycles. The van der Waals surface area contributed by atoms with Gasteiger partial charge in [0.15, 0.2) is 28.6 Å². The molecule has 2 aliphatic heterocycles. The van der Waals surface area contributed by atoms with Gasteiger partial charge in [0.05, 0.1) is 38.3 Å². The quantitative estimate of drug-likeness (QED) is 0.101. The average Bonchev–Trinajstić information content (AvgIpc) is 3.69. The third-order valence-corrected chi connectivity index (χ3v) is 7.74. The molecule has 20 nitrogen and oxygen atoms in total. The SMILES string of the molecule is Nc1nc2c(ncn2[C@@H]2O[C@H](CO)C(O)C2OP(=O)(O)OC[C@H]2O[C@@H](n3cnc4c(=O)[nH]cnc43)CC2O)c(=O)[nH]1. The summed E-state index contributed by atoms with van der Waals surface area (Å²) in [6.45, 7) is -1.28. The normalized spacial score (nSPS) is 29.9. The first-order valence-electron chi connectivity index (χ1n) is 12.1. The third-order valence-electron chi connectivity index (χ3n) is 6.75. The van der Waals surface area contributed by atoms with Crippen LogP contribution >= 0.6 is 7.82 Å². The molecule has 0 aromatic carbocycles. The number of phosphoric ester groups is 1. The summed E-state index contributed by atoms with van der Waals surface area (Å²) in [6.07, 6.45) is -5.21. The second-order valence-electron chi connectivity index (χ2n) is 9.34. The molecule has 0 radical (unpaired) electrons. The largest absolute Gasteiger partial charge is 0.472 e. The third kappa shape index (κ3) is 4.94. The molecule has 8 N–H and O–H groups in total. The monoisotopic (exact) mass is 597 g/mol. The standard InChI is InChI=1S/C20H24N9O11P/c21-20-26-16-12(18(34)27-20)25-6-29(16)19-14(13(32)8(2-30)39-19)40-41(35,36)37-3-9-7(31)1-10(38-9)28-5-24-11-15(28)22-4-23-17(11)33/h4-10,13-14,19,30-32H,1-3H2,(H,35,36)(H,22,23,33)(H3,21,26,27,34)/t7?,8-,9-,10-,13?,14?,19-/m1/s1. The fourth-order valence-corrected chi connectivity index (χ4v) is 5.73. The van der Waals surface area contributed by atoms with Crippen molar-refractivity contribution in [1.82, 2.24) is 39.0 Å². The number of aliphatic hydroxyl groups excluding tert-OH is 3. The van der Waals surface area contributed by atoms with Gasteiger partial charge in [-0.1, -0.05) is 0 Å². The number of aromatic nitrogens is 8.